The Morgan fingerprint density at radius 3 is 2.69 bits per heavy atom. The minimum absolute atomic E-state index is 0.0170. The standard InChI is InChI=1S/C25H28N4O3/c1-14(2)27-25-26-13-15(3)23(28-25)18-7-10-21-17(11-18)6-5-16(4)29(21)24(32)20-9-8-19(30)12-22(20)31/h7-14,16,30-31H,5-6H2,1-4H3,(H,26,27,28)/t16-/m0/s1. The van der Waals surface area contributed by atoms with Gasteiger partial charge in [0.15, 0.2) is 0 Å². The van der Waals surface area contributed by atoms with Crippen LogP contribution in [0.1, 0.15) is 48.7 Å². The van der Waals surface area contributed by atoms with E-state index in [1.54, 1.807) is 4.90 Å². The number of aryl methyl sites for hydroxylation is 2. The number of nitrogens with zero attached hydrogens (tertiary/aromatic N) is 3. The van der Waals surface area contributed by atoms with E-state index < -0.39 is 0 Å². The third-order valence-corrected chi connectivity index (χ3v) is 5.70. The van der Waals surface area contributed by atoms with Gasteiger partial charge in [-0.15, -0.1) is 0 Å². The van der Waals surface area contributed by atoms with Crippen LogP contribution in [0.3, 0.4) is 0 Å². The number of carbonyl (C=O) groups excluding carboxylic acids is 1. The van der Waals surface area contributed by atoms with Gasteiger partial charge in [-0.25, -0.2) is 9.97 Å². The van der Waals surface area contributed by atoms with Gasteiger partial charge in [-0.2, -0.15) is 0 Å². The molecule has 0 spiro atoms. The number of nitrogens with one attached hydrogen (secondary N) is 1. The minimum atomic E-state index is -0.287. The predicted octanol–water partition coefficient (Wildman–Crippen LogP) is 4.67. The highest BCUT2D eigenvalue weighted by atomic mass is 16.3. The number of amides is 1. The smallest absolute Gasteiger partial charge is 0.262 e. The zero-order valence-electron chi connectivity index (χ0n) is 18.8. The predicted molar refractivity (Wildman–Crippen MR) is 125 cm³/mol. The lowest BCUT2D eigenvalue weighted by molar-refractivity contribution is 0.0972. The summed E-state index contributed by atoms with van der Waals surface area (Å²) in [5.41, 5.74) is 4.87. The second-order valence-electron chi connectivity index (χ2n) is 8.63. The quantitative estimate of drug-likeness (QED) is 0.554. The lowest BCUT2D eigenvalue weighted by Crippen LogP contribution is -2.42. The molecule has 4 rings (SSSR count). The Balaban J connectivity index is 1.72. The molecule has 0 saturated heterocycles. The van der Waals surface area contributed by atoms with Crippen molar-refractivity contribution in [2.24, 2.45) is 0 Å². The molecule has 2 heterocycles. The van der Waals surface area contributed by atoms with Crippen LogP contribution in [0.15, 0.2) is 42.6 Å². The van der Waals surface area contributed by atoms with Gasteiger partial charge in [-0.3, -0.25) is 4.79 Å². The van der Waals surface area contributed by atoms with Crippen LogP contribution in [0.4, 0.5) is 11.6 Å². The van der Waals surface area contributed by atoms with Crippen LogP contribution in [-0.2, 0) is 6.42 Å². The maximum atomic E-state index is 13.3. The van der Waals surface area contributed by atoms with Crippen molar-refractivity contribution in [2.75, 3.05) is 10.2 Å². The first-order valence-electron chi connectivity index (χ1n) is 10.8. The number of carbonyl (C=O) groups is 1. The fourth-order valence-electron chi connectivity index (χ4n) is 4.10. The molecule has 3 aromatic rings. The number of hydrogen-bond acceptors (Lipinski definition) is 6. The zero-order chi connectivity index (χ0) is 23.0. The van der Waals surface area contributed by atoms with Gasteiger partial charge in [-0.1, -0.05) is 6.07 Å². The summed E-state index contributed by atoms with van der Waals surface area (Å²) in [7, 11) is 0. The Morgan fingerprint density at radius 2 is 1.97 bits per heavy atom. The molecule has 0 aliphatic carbocycles. The topological polar surface area (TPSA) is 98.6 Å². The summed E-state index contributed by atoms with van der Waals surface area (Å²) in [6, 6.07) is 10.3. The number of aromatic hydroxyl groups is 2. The number of phenolic OH excluding ortho intramolecular Hbond substituents is 2. The highest BCUT2D eigenvalue weighted by Gasteiger charge is 2.30. The van der Waals surface area contributed by atoms with Crippen LogP contribution >= 0.6 is 0 Å². The van der Waals surface area contributed by atoms with Crippen molar-refractivity contribution in [1.29, 1.82) is 0 Å². The third-order valence-electron chi connectivity index (χ3n) is 5.70. The molecule has 1 aliphatic rings. The van der Waals surface area contributed by atoms with Crippen molar-refractivity contribution < 1.29 is 15.0 Å². The molecule has 0 saturated carbocycles. The van der Waals surface area contributed by atoms with E-state index in [0.717, 1.165) is 40.9 Å². The average Bonchev–Trinajstić information content (AvgIpc) is 2.74. The summed E-state index contributed by atoms with van der Waals surface area (Å²) < 4.78 is 0. The average molecular weight is 433 g/mol. The van der Waals surface area contributed by atoms with Crippen LogP contribution in [0, 0.1) is 6.92 Å². The Bertz CT molecular complexity index is 1180. The number of phenols is 2. The number of benzene rings is 2. The van der Waals surface area contributed by atoms with Crippen molar-refractivity contribution in [3.05, 3.63) is 59.3 Å². The summed E-state index contributed by atoms with van der Waals surface area (Å²) in [6.07, 6.45) is 3.47. The van der Waals surface area contributed by atoms with E-state index in [2.05, 4.69) is 16.4 Å². The summed E-state index contributed by atoms with van der Waals surface area (Å²) in [5, 5.41) is 23.0. The Kier molecular flexibility index (Phi) is 5.74. The molecule has 0 unspecified atom stereocenters. The normalized spacial score (nSPS) is 15.5. The molecular weight excluding hydrogens is 404 g/mol. The van der Waals surface area contributed by atoms with Crippen LogP contribution in [-0.4, -0.2) is 38.2 Å². The van der Waals surface area contributed by atoms with Crippen molar-refractivity contribution >= 4 is 17.5 Å². The van der Waals surface area contributed by atoms with Gasteiger partial charge in [-0.05, 0) is 75.9 Å². The van der Waals surface area contributed by atoms with Gasteiger partial charge < -0.3 is 20.4 Å². The first-order chi connectivity index (χ1) is 15.2. The highest BCUT2D eigenvalue weighted by Crippen LogP contribution is 2.36. The largest absolute Gasteiger partial charge is 0.508 e. The number of anilines is 2. The highest BCUT2D eigenvalue weighted by molar-refractivity contribution is 6.09. The van der Waals surface area contributed by atoms with E-state index in [4.69, 9.17) is 4.98 Å². The Morgan fingerprint density at radius 1 is 1.19 bits per heavy atom. The van der Waals surface area contributed by atoms with E-state index in [1.807, 2.05) is 46.0 Å². The van der Waals surface area contributed by atoms with Crippen molar-refractivity contribution in [1.82, 2.24) is 9.97 Å². The van der Waals surface area contributed by atoms with E-state index in [0.29, 0.717) is 5.95 Å². The molecule has 2 aromatic carbocycles. The fraction of sp³-hybridized carbons (Fsp3) is 0.320. The second kappa shape index (κ2) is 8.49. The summed E-state index contributed by atoms with van der Waals surface area (Å²) in [4.78, 5) is 24.1. The molecular formula is C25H28N4O3. The molecule has 1 aromatic heterocycles. The lowest BCUT2D eigenvalue weighted by Gasteiger charge is -2.35. The molecule has 7 heteroatoms. The monoisotopic (exact) mass is 432 g/mol. The molecule has 0 bridgehead atoms. The van der Waals surface area contributed by atoms with Crippen molar-refractivity contribution in [3.8, 4) is 22.8 Å². The van der Waals surface area contributed by atoms with E-state index >= 15 is 0 Å². The van der Waals surface area contributed by atoms with Crippen LogP contribution in [0.2, 0.25) is 0 Å². The molecule has 0 radical (unpaired) electrons. The molecule has 166 valence electrons. The summed E-state index contributed by atoms with van der Waals surface area (Å²) in [5.74, 6) is -0.00745. The maximum absolute atomic E-state index is 13.3. The van der Waals surface area contributed by atoms with Gasteiger partial charge in [0.1, 0.15) is 11.5 Å². The lowest BCUT2D eigenvalue weighted by atomic mass is 9.93. The Labute approximate surface area is 187 Å². The molecule has 7 nitrogen and oxygen atoms in total. The van der Waals surface area contributed by atoms with Crippen molar-refractivity contribution in [3.63, 3.8) is 0 Å². The van der Waals surface area contributed by atoms with E-state index in [9.17, 15) is 15.0 Å². The molecule has 0 fully saturated rings. The molecule has 3 N–H and O–H groups in total. The molecule has 32 heavy (non-hydrogen) atoms. The Hall–Kier alpha value is -3.61. The van der Waals surface area contributed by atoms with E-state index in [-0.39, 0.29) is 35.1 Å². The van der Waals surface area contributed by atoms with Crippen LogP contribution < -0.4 is 10.2 Å². The summed E-state index contributed by atoms with van der Waals surface area (Å²) in [6.45, 7) is 8.07. The first kappa shape index (κ1) is 21.6. The molecule has 1 aliphatic heterocycles. The van der Waals surface area contributed by atoms with Crippen molar-refractivity contribution in [2.45, 2.75) is 52.6 Å². The van der Waals surface area contributed by atoms with E-state index in [1.165, 1.54) is 18.2 Å². The number of aromatic nitrogens is 2. The van der Waals surface area contributed by atoms with Crippen LogP contribution in [0.5, 0.6) is 11.5 Å². The van der Waals surface area contributed by atoms with Gasteiger partial charge in [0, 0.05) is 35.6 Å². The number of fused-ring (bicyclic) bond motifs is 1. The van der Waals surface area contributed by atoms with Gasteiger partial charge >= 0.3 is 0 Å². The summed E-state index contributed by atoms with van der Waals surface area (Å²) >= 11 is 0. The first-order valence-corrected chi connectivity index (χ1v) is 10.8. The number of rotatable bonds is 4. The second-order valence-corrected chi connectivity index (χ2v) is 8.63. The third kappa shape index (κ3) is 4.10. The number of hydrogen-bond donors (Lipinski definition) is 3. The minimum Gasteiger partial charge on any atom is -0.508 e. The SMILES string of the molecule is Cc1cnc(NC(C)C)nc1-c1ccc2c(c1)CC[C@H](C)N2C(=O)c1ccc(O)cc1O. The van der Waals surface area contributed by atoms with Crippen LogP contribution in [0.25, 0.3) is 11.3 Å². The van der Waals surface area contributed by atoms with Gasteiger partial charge in [0.25, 0.3) is 5.91 Å². The molecule has 1 amide bonds. The van der Waals surface area contributed by atoms with Gasteiger partial charge in [0.2, 0.25) is 5.95 Å². The zero-order valence-corrected chi connectivity index (χ0v) is 18.8. The molecule has 1 atom stereocenters. The maximum Gasteiger partial charge on any atom is 0.262 e. The van der Waals surface area contributed by atoms with Gasteiger partial charge in [0.05, 0.1) is 11.3 Å². The fourth-order valence-corrected chi connectivity index (χ4v) is 4.10.